The van der Waals surface area contributed by atoms with Gasteiger partial charge in [-0.1, -0.05) is 26.0 Å². The van der Waals surface area contributed by atoms with Crippen LogP contribution in [0.3, 0.4) is 0 Å². The molecule has 0 spiro atoms. The van der Waals surface area contributed by atoms with Gasteiger partial charge in [-0.3, -0.25) is 4.90 Å². The van der Waals surface area contributed by atoms with Crippen molar-refractivity contribution >= 4 is 0 Å². The Hall–Kier alpha value is -1.06. The number of benzene rings is 1. The smallest absolute Gasteiger partial charge is 0.122 e. The molecule has 1 saturated heterocycles. The number of hydrogen-bond acceptors (Lipinski definition) is 3. The zero-order valence-electron chi connectivity index (χ0n) is 12.0. The third kappa shape index (κ3) is 2.49. The molecule has 0 saturated carbocycles. The molecular formula is C16H24N2O. The lowest BCUT2D eigenvalue weighted by molar-refractivity contribution is 0.0390. The lowest BCUT2D eigenvalue weighted by Gasteiger charge is -2.50. The SMILES string of the molecule is CC(C)C1(N)CN(CCc2ccc3c(c2)CCO3)C1. The Bertz CT molecular complexity index is 464. The van der Waals surface area contributed by atoms with Gasteiger partial charge in [-0.15, -0.1) is 0 Å². The van der Waals surface area contributed by atoms with E-state index in [1.54, 1.807) is 0 Å². The maximum Gasteiger partial charge on any atom is 0.122 e. The molecule has 0 unspecified atom stereocenters. The van der Waals surface area contributed by atoms with Crippen molar-refractivity contribution in [2.45, 2.75) is 32.2 Å². The standard InChI is InChI=1S/C16H24N2O/c1-12(2)16(17)10-18(11-16)7-5-13-3-4-15-14(9-13)6-8-19-15/h3-4,9,12H,5-8,10-11,17H2,1-2H3. The van der Waals surface area contributed by atoms with E-state index in [9.17, 15) is 0 Å². The van der Waals surface area contributed by atoms with E-state index in [0.717, 1.165) is 44.8 Å². The molecule has 2 N–H and O–H groups in total. The predicted molar refractivity (Wildman–Crippen MR) is 77.5 cm³/mol. The Morgan fingerprint density at radius 2 is 2.16 bits per heavy atom. The number of nitrogens with zero attached hydrogens (tertiary/aromatic N) is 1. The van der Waals surface area contributed by atoms with E-state index in [0.29, 0.717) is 5.92 Å². The largest absolute Gasteiger partial charge is 0.493 e. The molecule has 1 aromatic rings. The van der Waals surface area contributed by atoms with E-state index in [2.05, 4.69) is 36.9 Å². The van der Waals surface area contributed by atoms with E-state index in [4.69, 9.17) is 10.5 Å². The maximum absolute atomic E-state index is 6.32. The second-order valence-electron chi connectivity index (χ2n) is 6.39. The van der Waals surface area contributed by atoms with Crippen molar-refractivity contribution in [3.8, 4) is 5.75 Å². The maximum atomic E-state index is 6.32. The zero-order valence-corrected chi connectivity index (χ0v) is 12.0. The first-order valence-corrected chi connectivity index (χ1v) is 7.33. The minimum Gasteiger partial charge on any atom is -0.493 e. The van der Waals surface area contributed by atoms with Gasteiger partial charge in [0.1, 0.15) is 5.75 Å². The summed E-state index contributed by atoms with van der Waals surface area (Å²) < 4.78 is 5.54. The van der Waals surface area contributed by atoms with Crippen LogP contribution in [0.4, 0.5) is 0 Å². The molecule has 3 heteroatoms. The third-order valence-electron chi connectivity index (χ3n) is 4.66. The highest BCUT2D eigenvalue weighted by Gasteiger charge is 2.41. The van der Waals surface area contributed by atoms with Crippen LogP contribution in [0, 0.1) is 5.92 Å². The van der Waals surface area contributed by atoms with Crippen molar-refractivity contribution < 1.29 is 4.74 Å². The Morgan fingerprint density at radius 3 is 2.89 bits per heavy atom. The highest BCUT2D eigenvalue weighted by molar-refractivity contribution is 5.39. The third-order valence-corrected chi connectivity index (χ3v) is 4.66. The highest BCUT2D eigenvalue weighted by Crippen LogP contribution is 2.28. The van der Waals surface area contributed by atoms with Gasteiger partial charge >= 0.3 is 0 Å². The van der Waals surface area contributed by atoms with Gasteiger partial charge in [0, 0.05) is 31.6 Å². The molecule has 0 aliphatic carbocycles. The Labute approximate surface area is 115 Å². The fourth-order valence-electron chi connectivity index (χ4n) is 2.99. The molecule has 19 heavy (non-hydrogen) atoms. The van der Waals surface area contributed by atoms with Crippen LogP contribution in [0.15, 0.2) is 18.2 Å². The fourth-order valence-corrected chi connectivity index (χ4v) is 2.99. The van der Waals surface area contributed by atoms with Crippen LogP contribution in [0.5, 0.6) is 5.75 Å². The topological polar surface area (TPSA) is 38.5 Å². The van der Waals surface area contributed by atoms with Gasteiger partial charge in [-0.25, -0.2) is 0 Å². The van der Waals surface area contributed by atoms with Crippen molar-refractivity contribution in [1.82, 2.24) is 4.90 Å². The number of likely N-dealkylation sites (tertiary alicyclic amines) is 1. The Kier molecular flexibility index (Phi) is 3.27. The van der Waals surface area contributed by atoms with Crippen LogP contribution in [0.1, 0.15) is 25.0 Å². The normalized spacial score (nSPS) is 21.1. The van der Waals surface area contributed by atoms with Gasteiger partial charge < -0.3 is 10.5 Å². The van der Waals surface area contributed by atoms with E-state index in [1.165, 1.54) is 11.1 Å². The summed E-state index contributed by atoms with van der Waals surface area (Å²) in [6, 6.07) is 6.62. The van der Waals surface area contributed by atoms with Crippen LogP contribution < -0.4 is 10.5 Å². The number of ether oxygens (including phenoxy) is 1. The molecule has 2 heterocycles. The second-order valence-corrected chi connectivity index (χ2v) is 6.39. The molecule has 2 aliphatic rings. The van der Waals surface area contributed by atoms with Crippen LogP contribution in [0.2, 0.25) is 0 Å². The fraction of sp³-hybridized carbons (Fsp3) is 0.625. The summed E-state index contributed by atoms with van der Waals surface area (Å²) in [5, 5.41) is 0. The molecule has 1 fully saturated rings. The van der Waals surface area contributed by atoms with Crippen LogP contribution >= 0.6 is 0 Å². The first-order valence-electron chi connectivity index (χ1n) is 7.33. The molecule has 0 bridgehead atoms. The number of nitrogens with two attached hydrogens (primary N) is 1. The Morgan fingerprint density at radius 1 is 1.37 bits per heavy atom. The number of fused-ring (bicyclic) bond motifs is 1. The highest BCUT2D eigenvalue weighted by atomic mass is 16.5. The first kappa shape index (κ1) is 12.9. The molecule has 2 aliphatic heterocycles. The van der Waals surface area contributed by atoms with Gasteiger partial charge in [0.2, 0.25) is 0 Å². The molecule has 1 aromatic carbocycles. The quantitative estimate of drug-likeness (QED) is 0.897. The predicted octanol–water partition coefficient (Wildman–Crippen LogP) is 1.83. The summed E-state index contributed by atoms with van der Waals surface area (Å²) in [5.41, 5.74) is 9.16. The minimum absolute atomic E-state index is 0.0474. The molecule has 3 rings (SSSR count). The van der Waals surface area contributed by atoms with E-state index >= 15 is 0 Å². The zero-order chi connectivity index (χ0) is 13.5. The van der Waals surface area contributed by atoms with E-state index < -0.39 is 0 Å². The van der Waals surface area contributed by atoms with Gasteiger partial charge in [0.15, 0.2) is 0 Å². The van der Waals surface area contributed by atoms with E-state index in [1.807, 2.05) is 0 Å². The Balaban J connectivity index is 1.51. The average Bonchev–Trinajstić information content (AvgIpc) is 2.80. The van der Waals surface area contributed by atoms with Crippen LogP contribution in [-0.4, -0.2) is 36.7 Å². The van der Waals surface area contributed by atoms with E-state index in [-0.39, 0.29) is 5.54 Å². The summed E-state index contributed by atoms with van der Waals surface area (Å²) in [5.74, 6) is 1.65. The molecule has 0 radical (unpaired) electrons. The lowest BCUT2D eigenvalue weighted by atomic mass is 9.80. The van der Waals surface area contributed by atoms with Crippen LogP contribution in [-0.2, 0) is 12.8 Å². The first-order chi connectivity index (χ1) is 9.07. The summed E-state index contributed by atoms with van der Waals surface area (Å²) in [6.45, 7) is 8.48. The molecular weight excluding hydrogens is 236 g/mol. The molecule has 0 amide bonds. The van der Waals surface area contributed by atoms with Crippen molar-refractivity contribution in [1.29, 1.82) is 0 Å². The number of rotatable bonds is 4. The summed E-state index contributed by atoms with van der Waals surface area (Å²) in [4.78, 5) is 2.46. The summed E-state index contributed by atoms with van der Waals surface area (Å²) in [7, 11) is 0. The average molecular weight is 260 g/mol. The van der Waals surface area contributed by atoms with Crippen molar-refractivity contribution in [2.24, 2.45) is 11.7 Å². The van der Waals surface area contributed by atoms with Gasteiger partial charge in [0.05, 0.1) is 6.61 Å². The monoisotopic (exact) mass is 260 g/mol. The number of hydrogen-bond donors (Lipinski definition) is 1. The van der Waals surface area contributed by atoms with Crippen molar-refractivity contribution in [3.05, 3.63) is 29.3 Å². The van der Waals surface area contributed by atoms with Crippen molar-refractivity contribution in [3.63, 3.8) is 0 Å². The van der Waals surface area contributed by atoms with Gasteiger partial charge in [0.25, 0.3) is 0 Å². The lowest BCUT2D eigenvalue weighted by Crippen LogP contribution is -2.70. The van der Waals surface area contributed by atoms with Gasteiger partial charge in [-0.05, 0) is 29.5 Å². The molecule has 3 nitrogen and oxygen atoms in total. The summed E-state index contributed by atoms with van der Waals surface area (Å²) in [6.07, 6.45) is 2.17. The van der Waals surface area contributed by atoms with Crippen molar-refractivity contribution in [2.75, 3.05) is 26.2 Å². The van der Waals surface area contributed by atoms with Crippen LogP contribution in [0.25, 0.3) is 0 Å². The minimum atomic E-state index is 0.0474. The molecule has 0 atom stereocenters. The second kappa shape index (κ2) is 4.80. The van der Waals surface area contributed by atoms with Gasteiger partial charge in [-0.2, -0.15) is 0 Å². The molecule has 0 aromatic heterocycles. The summed E-state index contributed by atoms with van der Waals surface area (Å²) >= 11 is 0. The molecule has 104 valence electrons.